The molecule has 2 nitrogen and oxygen atoms in total. The molecule has 1 fully saturated rings. The fourth-order valence-electron chi connectivity index (χ4n) is 2.66. The van der Waals surface area contributed by atoms with E-state index in [1.165, 1.54) is 15.6 Å². The molecule has 3 rings (SSSR count). The molecule has 1 N–H and O–H groups in total. The molecule has 3 heteroatoms. The summed E-state index contributed by atoms with van der Waals surface area (Å²) in [6.07, 6.45) is 2.19. The Labute approximate surface area is 98.1 Å². The van der Waals surface area contributed by atoms with Crippen molar-refractivity contribution in [3.8, 4) is 0 Å². The average molecular weight is 268 g/mol. The quantitative estimate of drug-likeness (QED) is 0.780. The molecular formula is C12H14BrNO. The van der Waals surface area contributed by atoms with Gasteiger partial charge in [-0.15, -0.1) is 0 Å². The topological polar surface area (TPSA) is 21.3 Å². The second-order valence-corrected chi connectivity index (χ2v) is 5.15. The number of ether oxygens (including phenoxy) is 1. The van der Waals surface area contributed by atoms with E-state index in [-0.39, 0.29) is 5.60 Å². The summed E-state index contributed by atoms with van der Waals surface area (Å²) < 4.78 is 7.25. The molecular weight excluding hydrogens is 254 g/mol. The van der Waals surface area contributed by atoms with Gasteiger partial charge in [0.05, 0.1) is 12.2 Å². The zero-order chi connectivity index (χ0) is 10.3. The third kappa shape index (κ3) is 1.45. The Kier molecular flexibility index (Phi) is 2.34. The molecule has 80 valence electrons. The van der Waals surface area contributed by atoms with E-state index in [0.29, 0.717) is 0 Å². The first-order valence-corrected chi connectivity index (χ1v) is 6.24. The van der Waals surface area contributed by atoms with Crippen molar-refractivity contribution in [1.29, 1.82) is 0 Å². The van der Waals surface area contributed by atoms with Crippen molar-refractivity contribution in [2.75, 3.05) is 13.1 Å². The third-order valence-electron chi connectivity index (χ3n) is 3.51. The lowest BCUT2D eigenvalue weighted by atomic mass is 9.84. The number of hydrogen-bond acceptors (Lipinski definition) is 2. The Morgan fingerprint density at radius 3 is 2.87 bits per heavy atom. The molecule has 0 bridgehead atoms. The lowest BCUT2D eigenvalue weighted by Crippen LogP contribution is -2.39. The van der Waals surface area contributed by atoms with Gasteiger partial charge in [-0.1, -0.05) is 28.1 Å². The van der Waals surface area contributed by atoms with Gasteiger partial charge in [0.1, 0.15) is 0 Å². The number of fused-ring (bicyclic) bond motifs is 2. The SMILES string of the molecule is Brc1cccc2c1COC21CCNCC1. The van der Waals surface area contributed by atoms with Crippen LogP contribution in [-0.2, 0) is 16.9 Å². The summed E-state index contributed by atoms with van der Waals surface area (Å²) in [6.45, 7) is 2.88. The van der Waals surface area contributed by atoms with E-state index in [4.69, 9.17) is 4.74 Å². The normalized spacial score (nSPS) is 23.0. The number of hydrogen-bond donors (Lipinski definition) is 1. The molecule has 0 saturated carbocycles. The van der Waals surface area contributed by atoms with Crippen molar-refractivity contribution in [1.82, 2.24) is 5.32 Å². The zero-order valence-electron chi connectivity index (χ0n) is 8.55. The fraction of sp³-hybridized carbons (Fsp3) is 0.500. The molecule has 1 aromatic carbocycles. The van der Waals surface area contributed by atoms with E-state index in [0.717, 1.165) is 32.5 Å². The Morgan fingerprint density at radius 2 is 2.07 bits per heavy atom. The predicted molar refractivity (Wildman–Crippen MR) is 62.7 cm³/mol. The van der Waals surface area contributed by atoms with Crippen molar-refractivity contribution in [3.05, 3.63) is 33.8 Å². The fourth-order valence-corrected chi connectivity index (χ4v) is 3.15. The van der Waals surface area contributed by atoms with Crippen molar-refractivity contribution in [2.24, 2.45) is 0 Å². The first kappa shape index (κ1) is 9.82. The summed E-state index contributed by atoms with van der Waals surface area (Å²) in [7, 11) is 0. The summed E-state index contributed by atoms with van der Waals surface area (Å²) in [5, 5.41) is 3.39. The molecule has 0 radical (unpaired) electrons. The second-order valence-electron chi connectivity index (χ2n) is 4.30. The molecule has 0 aromatic heterocycles. The summed E-state index contributed by atoms with van der Waals surface area (Å²) in [5.41, 5.74) is 2.75. The number of piperidine rings is 1. The summed E-state index contributed by atoms with van der Waals surface area (Å²) in [4.78, 5) is 0. The minimum absolute atomic E-state index is 0.00433. The highest BCUT2D eigenvalue weighted by Crippen LogP contribution is 2.44. The number of halogens is 1. The molecule has 0 aliphatic carbocycles. The van der Waals surface area contributed by atoms with E-state index < -0.39 is 0 Å². The van der Waals surface area contributed by atoms with E-state index in [9.17, 15) is 0 Å². The Morgan fingerprint density at radius 1 is 1.27 bits per heavy atom. The molecule has 0 atom stereocenters. The molecule has 0 unspecified atom stereocenters. The molecule has 0 amide bonds. The van der Waals surface area contributed by atoms with Gasteiger partial charge >= 0.3 is 0 Å². The maximum atomic E-state index is 6.06. The zero-order valence-corrected chi connectivity index (χ0v) is 10.1. The maximum Gasteiger partial charge on any atom is 0.0963 e. The Bertz CT molecular complexity index is 385. The molecule has 2 aliphatic rings. The highest BCUT2D eigenvalue weighted by molar-refractivity contribution is 9.10. The molecule has 2 aliphatic heterocycles. The van der Waals surface area contributed by atoms with Gasteiger partial charge in [0.2, 0.25) is 0 Å². The van der Waals surface area contributed by atoms with Gasteiger partial charge in [-0.2, -0.15) is 0 Å². The van der Waals surface area contributed by atoms with E-state index in [1.807, 2.05) is 0 Å². The summed E-state index contributed by atoms with van der Waals surface area (Å²) in [6, 6.07) is 6.43. The van der Waals surface area contributed by atoms with Crippen LogP contribution in [0.3, 0.4) is 0 Å². The predicted octanol–water partition coefficient (Wildman–Crippen LogP) is 2.56. The van der Waals surface area contributed by atoms with Crippen LogP contribution >= 0.6 is 15.9 Å². The largest absolute Gasteiger partial charge is 0.365 e. The molecule has 1 spiro atoms. The highest BCUT2D eigenvalue weighted by atomic mass is 79.9. The van der Waals surface area contributed by atoms with E-state index >= 15 is 0 Å². The van der Waals surface area contributed by atoms with Crippen LogP contribution in [0.25, 0.3) is 0 Å². The lowest BCUT2D eigenvalue weighted by molar-refractivity contribution is -0.0590. The standard InChI is InChI=1S/C12H14BrNO/c13-11-3-1-2-10-9(11)8-15-12(10)4-6-14-7-5-12/h1-3,14H,4-8H2. The van der Waals surface area contributed by atoms with Crippen LogP contribution in [0.4, 0.5) is 0 Å². The van der Waals surface area contributed by atoms with Crippen LogP contribution < -0.4 is 5.32 Å². The van der Waals surface area contributed by atoms with Gasteiger partial charge in [0, 0.05) is 4.47 Å². The smallest absolute Gasteiger partial charge is 0.0963 e. The molecule has 15 heavy (non-hydrogen) atoms. The lowest BCUT2D eigenvalue weighted by Gasteiger charge is -2.33. The van der Waals surface area contributed by atoms with Crippen molar-refractivity contribution in [2.45, 2.75) is 25.0 Å². The van der Waals surface area contributed by atoms with Crippen LogP contribution in [-0.4, -0.2) is 13.1 Å². The van der Waals surface area contributed by atoms with Crippen LogP contribution in [0.5, 0.6) is 0 Å². The van der Waals surface area contributed by atoms with Crippen molar-refractivity contribution >= 4 is 15.9 Å². The van der Waals surface area contributed by atoms with Crippen LogP contribution in [0, 0.1) is 0 Å². The molecule has 2 heterocycles. The van der Waals surface area contributed by atoms with Gasteiger partial charge < -0.3 is 10.1 Å². The van der Waals surface area contributed by atoms with Crippen molar-refractivity contribution < 1.29 is 4.74 Å². The van der Waals surface area contributed by atoms with Crippen LogP contribution in [0.2, 0.25) is 0 Å². The van der Waals surface area contributed by atoms with Gasteiger partial charge in [-0.05, 0) is 43.1 Å². The Hall–Kier alpha value is -0.380. The highest BCUT2D eigenvalue weighted by Gasteiger charge is 2.41. The summed E-state index contributed by atoms with van der Waals surface area (Å²) in [5.74, 6) is 0. The first-order chi connectivity index (χ1) is 7.32. The van der Waals surface area contributed by atoms with Gasteiger partial charge in [0.15, 0.2) is 0 Å². The Balaban J connectivity index is 2.06. The van der Waals surface area contributed by atoms with E-state index in [2.05, 4.69) is 39.4 Å². The van der Waals surface area contributed by atoms with Crippen LogP contribution in [0.1, 0.15) is 24.0 Å². The number of rotatable bonds is 0. The second kappa shape index (κ2) is 3.58. The molecule has 1 saturated heterocycles. The maximum absolute atomic E-state index is 6.06. The average Bonchev–Trinajstić information content (AvgIpc) is 2.61. The van der Waals surface area contributed by atoms with Gasteiger partial charge in [0.25, 0.3) is 0 Å². The van der Waals surface area contributed by atoms with Crippen molar-refractivity contribution in [3.63, 3.8) is 0 Å². The van der Waals surface area contributed by atoms with Gasteiger partial charge in [-0.3, -0.25) is 0 Å². The minimum atomic E-state index is 0.00433. The molecule has 1 aromatic rings. The monoisotopic (exact) mass is 267 g/mol. The summed E-state index contributed by atoms with van der Waals surface area (Å²) >= 11 is 3.60. The van der Waals surface area contributed by atoms with E-state index in [1.54, 1.807) is 0 Å². The number of benzene rings is 1. The van der Waals surface area contributed by atoms with Crippen LogP contribution in [0.15, 0.2) is 22.7 Å². The minimum Gasteiger partial charge on any atom is -0.365 e. The third-order valence-corrected chi connectivity index (χ3v) is 4.26. The van der Waals surface area contributed by atoms with Gasteiger partial charge in [-0.25, -0.2) is 0 Å². The first-order valence-electron chi connectivity index (χ1n) is 5.44. The number of nitrogens with one attached hydrogen (secondary N) is 1.